The second-order valence-corrected chi connectivity index (χ2v) is 5.43. The Morgan fingerprint density at radius 1 is 1.35 bits per heavy atom. The van der Waals surface area contributed by atoms with Gasteiger partial charge in [0, 0.05) is 25.4 Å². The Morgan fingerprint density at radius 2 is 2.15 bits per heavy atom. The zero-order valence-electron chi connectivity index (χ0n) is 12.6. The third kappa shape index (κ3) is 4.35. The van der Waals surface area contributed by atoms with Crippen LogP contribution >= 0.6 is 0 Å². The monoisotopic (exact) mass is 274 g/mol. The van der Waals surface area contributed by atoms with Crippen LogP contribution in [0.4, 0.5) is 0 Å². The summed E-state index contributed by atoms with van der Waals surface area (Å²) in [7, 11) is 1.86. The summed E-state index contributed by atoms with van der Waals surface area (Å²) in [6.45, 7) is 8.19. The number of aryl methyl sites for hydroxylation is 2. The standard InChI is InChI=1S/C15H22N4O/c1-11(2)7-16-8-13-5-12(3)18-15(6-13)20-14-9-17-19(4)10-14/h5-6,9-11,16H,7-8H2,1-4H3. The fourth-order valence-corrected chi connectivity index (χ4v) is 1.94. The Kier molecular flexibility index (Phi) is 4.74. The van der Waals surface area contributed by atoms with E-state index in [-0.39, 0.29) is 0 Å². The van der Waals surface area contributed by atoms with E-state index in [0.29, 0.717) is 17.5 Å². The van der Waals surface area contributed by atoms with E-state index < -0.39 is 0 Å². The quantitative estimate of drug-likeness (QED) is 0.880. The van der Waals surface area contributed by atoms with E-state index in [9.17, 15) is 0 Å². The summed E-state index contributed by atoms with van der Waals surface area (Å²) >= 11 is 0. The fourth-order valence-electron chi connectivity index (χ4n) is 1.94. The first kappa shape index (κ1) is 14.5. The molecular weight excluding hydrogens is 252 g/mol. The smallest absolute Gasteiger partial charge is 0.219 e. The number of ether oxygens (including phenoxy) is 1. The molecule has 0 aliphatic carbocycles. The van der Waals surface area contributed by atoms with Crippen LogP contribution in [0.5, 0.6) is 11.6 Å². The molecule has 0 radical (unpaired) electrons. The number of hydrogen-bond donors (Lipinski definition) is 1. The molecule has 2 heterocycles. The highest BCUT2D eigenvalue weighted by molar-refractivity contribution is 5.28. The van der Waals surface area contributed by atoms with Gasteiger partial charge in [-0.25, -0.2) is 4.98 Å². The molecule has 1 N–H and O–H groups in total. The van der Waals surface area contributed by atoms with E-state index in [2.05, 4.69) is 35.3 Å². The van der Waals surface area contributed by atoms with Crippen molar-refractivity contribution in [1.82, 2.24) is 20.1 Å². The Bertz CT molecular complexity index is 563. The Labute approximate surface area is 120 Å². The van der Waals surface area contributed by atoms with Gasteiger partial charge in [0.1, 0.15) is 0 Å². The van der Waals surface area contributed by atoms with Gasteiger partial charge in [-0.3, -0.25) is 4.68 Å². The molecule has 0 atom stereocenters. The molecule has 0 aliphatic heterocycles. The average Bonchev–Trinajstić information content (AvgIpc) is 2.73. The Morgan fingerprint density at radius 3 is 2.80 bits per heavy atom. The summed E-state index contributed by atoms with van der Waals surface area (Å²) in [5.41, 5.74) is 2.13. The number of nitrogens with zero attached hydrogens (tertiary/aromatic N) is 3. The molecule has 0 saturated carbocycles. The van der Waals surface area contributed by atoms with Crippen LogP contribution in [0.15, 0.2) is 24.5 Å². The van der Waals surface area contributed by atoms with Crippen molar-refractivity contribution < 1.29 is 4.74 Å². The highest BCUT2D eigenvalue weighted by Crippen LogP contribution is 2.20. The maximum Gasteiger partial charge on any atom is 0.219 e. The first-order valence-electron chi connectivity index (χ1n) is 6.87. The summed E-state index contributed by atoms with van der Waals surface area (Å²) in [5.74, 6) is 1.95. The van der Waals surface area contributed by atoms with Crippen LogP contribution in [0.25, 0.3) is 0 Å². The highest BCUT2D eigenvalue weighted by atomic mass is 16.5. The Balaban J connectivity index is 2.04. The van der Waals surface area contributed by atoms with Gasteiger partial charge in [-0.2, -0.15) is 5.10 Å². The second-order valence-electron chi connectivity index (χ2n) is 5.43. The van der Waals surface area contributed by atoms with Crippen LogP contribution in [0.1, 0.15) is 25.1 Å². The molecule has 0 aliphatic rings. The van der Waals surface area contributed by atoms with Gasteiger partial charge in [0.15, 0.2) is 5.75 Å². The van der Waals surface area contributed by atoms with Gasteiger partial charge in [0.05, 0.1) is 12.4 Å². The van der Waals surface area contributed by atoms with Crippen molar-refractivity contribution in [3.63, 3.8) is 0 Å². The topological polar surface area (TPSA) is 52.0 Å². The van der Waals surface area contributed by atoms with Crippen LogP contribution in [0, 0.1) is 12.8 Å². The molecular formula is C15H22N4O. The van der Waals surface area contributed by atoms with Gasteiger partial charge in [-0.1, -0.05) is 13.8 Å². The fraction of sp³-hybridized carbons (Fsp3) is 0.467. The number of nitrogens with one attached hydrogen (secondary N) is 1. The summed E-state index contributed by atoms with van der Waals surface area (Å²) in [6, 6.07) is 4.04. The maximum absolute atomic E-state index is 5.73. The molecule has 5 nitrogen and oxygen atoms in total. The number of hydrogen-bond acceptors (Lipinski definition) is 4. The SMILES string of the molecule is Cc1cc(CNCC(C)C)cc(Oc2cnn(C)c2)n1. The normalized spacial score (nSPS) is 11.1. The van der Waals surface area contributed by atoms with Gasteiger partial charge in [-0.15, -0.1) is 0 Å². The van der Waals surface area contributed by atoms with Gasteiger partial charge in [-0.05, 0) is 31.0 Å². The lowest BCUT2D eigenvalue weighted by atomic mass is 10.2. The van der Waals surface area contributed by atoms with Crippen molar-refractivity contribution in [2.75, 3.05) is 6.54 Å². The predicted molar refractivity (Wildman–Crippen MR) is 78.8 cm³/mol. The molecule has 108 valence electrons. The molecule has 0 aromatic carbocycles. The third-order valence-electron chi connectivity index (χ3n) is 2.78. The van der Waals surface area contributed by atoms with E-state index in [1.807, 2.05) is 26.2 Å². The van der Waals surface area contributed by atoms with Gasteiger partial charge >= 0.3 is 0 Å². The summed E-state index contributed by atoms with van der Waals surface area (Å²) in [6.07, 6.45) is 3.50. The van der Waals surface area contributed by atoms with Crippen molar-refractivity contribution in [2.24, 2.45) is 13.0 Å². The molecule has 5 heteroatoms. The summed E-state index contributed by atoms with van der Waals surface area (Å²) < 4.78 is 7.43. The number of rotatable bonds is 6. The van der Waals surface area contributed by atoms with Crippen LogP contribution in [0.2, 0.25) is 0 Å². The molecule has 0 saturated heterocycles. The molecule has 20 heavy (non-hydrogen) atoms. The third-order valence-corrected chi connectivity index (χ3v) is 2.78. The van der Waals surface area contributed by atoms with Gasteiger partial charge < -0.3 is 10.1 Å². The second kappa shape index (κ2) is 6.52. The minimum Gasteiger partial charge on any atom is -0.436 e. The van der Waals surface area contributed by atoms with E-state index in [0.717, 1.165) is 18.8 Å². The first-order chi connectivity index (χ1) is 9.52. The summed E-state index contributed by atoms with van der Waals surface area (Å²) in [4.78, 5) is 4.39. The lowest BCUT2D eigenvalue weighted by molar-refractivity contribution is 0.459. The van der Waals surface area contributed by atoms with Gasteiger partial charge in [0.2, 0.25) is 5.88 Å². The van der Waals surface area contributed by atoms with Crippen LogP contribution in [-0.4, -0.2) is 21.3 Å². The molecule has 2 aromatic rings. The van der Waals surface area contributed by atoms with E-state index in [4.69, 9.17) is 4.74 Å². The molecule has 0 fully saturated rings. The molecule has 2 rings (SSSR count). The van der Waals surface area contributed by atoms with Crippen molar-refractivity contribution in [3.8, 4) is 11.6 Å². The highest BCUT2D eigenvalue weighted by Gasteiger charge is 2.05. The predicted octanol–water partition coefficient (Wildman–Crippen LogP) is 2.66. The minimum atomic E-state index is 0.611. The van der Waals surface area contributed by atoms with Crippen molar-refractivity contribution in [2.45, 2.75) is 27.3 Å². The van der Waals surface area contributed by atoms with Gasteiger partial charge in [0.25, 0.3) is 0 Å². The van der Waals surface area contributed by atoms with E-state index >= 15 is 0 Å². The zero-order chi connectivity index (χ0) is 14.5. The lowest BCUT2D eigenvalue weighted by Gasteiger charge is -2.09. The maximum atomic E-state index is 5.73. The zero-order valence-corrected chi connectivity index (χ0v) is 12.6. The van der Waals surface area contributed by atoms with Crippen LogP contribution in [0.3, 0.4) is 0 Å². The average molecular weight is 274 g/mol. The minimum absolute atomic E-state index is 0.611. The molecule has 0 bridgehead atoms. The van der Waals surface area contributed by atoms with Crippen molar-refractivity contribution >= 4 is 0 Å². The van der Waals surface area contributed by atoms with E-state index in [1.54, 1.807) is 10.9 Å². The lowest BCUT2D eigenvalue weighted by Crippen LogP contribution is -2.19. The first-order valence-corrected chi connectivity index (χ1v) is 6.87. The van der Waals surface area contributed by atoms with Crippen LogP contribution < -0.4 is 10.1 Å². The molecule has 2 aromatic heterocycles. The number of pyridine rings is 1. The van der Waals surface area contributed by atoms with Crippen molar-refractivity contribution in [3.05, 3.63) is 35.8 Å². The van der Waals surface area contributed by atoms with Crippen LogP contribution in [-0.2, 0) is 13.6 Å². The van der Waals surface area contributed by atoms with Crippen molar-refractivity contribution in [1.29, 1.82) is 0 Å². The Hall–Kier alpha value is -1.88. The molecule has 0 spiro atoms. The van der Waals surface area contributed by atoms with E-state index in [1.165, 1.54) is 5.56 Å². The largest absolute Gasteiger partial charge is 0.436 e. The summed E-state index contributed by atoms with van der Waals surface area (Å²) in [5, 5.41) is 7.50. The molecule has 0 amide bonds. The number of aromatic nitrogens is 3. The molecule has 0 unspecified atom stereocenters.